The van der Waals surface area contributed by atoms with Gasteiger partial charge in [-0.3, -0.25) is 5.32 Å². The van der Waals surface area contributed by atoms with E-state index in [9.17, 15) is 5.26 Å². The third-order valence-corrected chi connectivity index (χ3v) is 3.08. The third-order valence-electron chi connectivity index (χ3n) is 3.08. The summed E-state index contributed by atoms with van der Waals surface area (Å²) in [5, 5.41) is 12.9. The van der Waals surface area contributed by atoms with E-state index in [2.05, 4.69) is 16.3 Å². The Morgan fingerprint density at radius 3 is 2.36 bits per heavy atom. The molecule has 0 aromatic carbocycles. The van der Waals surface area contributed by atoms with Crippen LogP contribution >= 0.6 is 0 Å². The first-order chi connectivity index (χ1) is 6.66. The van der Waals surface area contributed by atoms with Crippen LogP contribution < -0.4 is 5.32 Å². The average molecular weight is 193 g/mol. The summed E-state index contributed by atoms with van der Waals surface area (Å²) in [5.41, 5.74) is -0.259. The van der Waals surface area contributed by atoms with E-state index in [0.29, 0.717) is 12.0 Å². The average Bonchev–Trinajstić information content (AvgIpc) is 2.96. The Labute approximate surface area is 86.1 Å². The normalized spacial score (nSPS) is 25.9. The van der Waals surface area contributed by atoms with Crippen molar-refractivity contribution in [3.05, 3.63) is 0 Å². The highest BCUT2D eigenvalue weighted by atomic mass is 15.2. The van der Waals surface area contributed by atoms with Crippen LogP contribution in [0.3, 0.4) is 0 Å². The Kier molecular flexibility index (Phi) is 2.50. The fourth-order valence-electron chi connectivity index (χ4n) is 2.12. The first-order valence-electron chi connectivity index (χ1n) is 5.50. The van der Waals surface area contributed by atoms with Gasteiger partial charge in [-0.05, 0) is 45.7 Å². The Morgan fingerprint density at radius 1 is 1.36 bits per heavy atom. The maximum Gasteiger partial charge on any atom is 0.122 e. The van der Waals surface area contributed by atoms with Crippen molar-refractivity contribution in [1.29, 1.82) is 5.26 Å². The van der Waals surface area contributed by atoms with Crippen LogP contribution in [0.1, 0.15) is 25.7 Å². The molecule has 0 aliphatic heterocycles. The molecule has 0 saturated heterocycles. The van der Waals surface area contributed by atoms with Crippen molar-refractivity contribution in [2.75, 3.05) is 20.6 Å². The Morgan fingerprint density at radius 2 is 2.00 bits per heavy atom. The molecule has 0 spiro atoms. The topological polar surface area (TPSA) is 39.1 Å². The summed E-state index contributed by atoms with van der Waals surface area (Å²) < 4.78 is 0. The second-order valence-corrected chi connectivity index (χ2v) is 5.01. The SMILES string of the molecule is CN(C)CC(C#N)(NC1CC1)C1CC1. The lowest BCUT2D eigenvalue weighted by molar-refractivity contribution is 0.256. The smallest absolute Gasteiger partial charge is 0.122 e. The van der Waals surface area contributed by atoms with Crippen LogP contribution in [0.5, 0.6) is 0 Å². The quantitative estimate of drug-likeness (QED) is 0.707. The van der Waals surface area contributed by atoms with Crippen molar-refractivity contribution >= 4 is 0 Å². The van der Waals surface area contributed by atoms with Crippen LogP contribution in [0.25, 0.3) is 0 Å². The molecule has 14 heavy (non-hydrogen) atoms. The summed E-state index contributed by atoms with van der Waals surface area (Å²) in [7, 11) is 4.09. The van der Waals surface area contributed by atoms with Gasteiger partial charge in [-0.2, -0.15) is 5.26 Å². The van der Waals surface area contributed by atoms with Gasteiger partial charge in [-0.15, -0.1) is 0 Å². The summed E-state index contributed by atoms with van der Waals surface area (Å²) >= 11 is 0. The highest BCUT2D eigenvalue weighted by Gasteiger charge is 2.48. The number of hydrogen-bond donors (Lipinski definition) is 1. The molecule has 0 bridgehead atoms. The first-order valence-corrected chi connectivity index (χ1v) is 5.50. The van der Waals surface area contributed by atoms with Crippen LogP contribution in [-0.4, -0.2) is 37.1 Å². The minimum absolute atomic E-state index is 0.259. The standard InChI is InChI=1S/C11H19N3/c1-14(2)8-11(7-12,9-3-4-9)13-10-5-6-10/h9-10,13H,3-6,8H2,1-2H3. The van der Waals surface area contributed by atoms with Crippen molar-refractivity contribution in [2.24, 2.45) is 5.92 Å². The molecule has 78 valence electrons. The molecule has 3 heteroatoms. The molecule has 2 aliphatic carbocycles. The highest BCUT2D eigenvalue weighted by Crippen LogP contribution is 2.41. The molecule has 1 atom stereocenters. The van der Waals surface area contributed by atoms with Crippen molar-refractivity contribution in [1.82, 2.24) is 10.2 Å². The summed E-state index contributed by atoms with van der Waals surface area (Å²) in [4.78, 5) is 2.12. The van der Waals surface area contributed by atoms with E-state index in [-0.39, 0.29) is 5.54 Å². The number of nitriles is 1. The van der Waals surface area contributed by atoms with E-state index in [4.69, 9.17) is 0 Å². The minimum Gasteiger partial charge on any atom is -0.306 e. The molecule has 0 heterocycles. The monoisotopic (exact) mass is 193 g/mol. The van der Waals surface area contributed by atoms with E-state index >= 15 is 0 Å². The Bertz CT molecular complexity index is 242. The van der Waals surface area contributed by atoms with E-state index in [1.807, 2.05) is 14.1 Å². The molecule has 2 saturated carbocycles. The minimum atomic E-state index is -0.259. The van der Waals surface area contributed by atoms with Gasteiger partial charge in [0.15, 0.2) is 0 Å². The number of rotatable bonds is 5. The second kappa shape index (κ2) is 3.52. The molecule has 1 N–H and O–H groups in total. The maximum absolute atomic E-state index is 9.37. The van der Waals surface area contributed by atoms with E-state index in [1.165, 1.54) is 25.7 Å². The van der Waals surface area contributed by atoms with Crippen molar-refractivity contribution < 1.29 is 0 Å². The Hall–Kier alpha value is -0.590. The van der Waals surface area contributed by atoms with Gasteiger partial charge in [0.2, 0.25) is 0 Å². The van der Waals surface area contributed by atoms with E-state index < -0.39 is 0 Å². The van der Waals surface area contributed by atoms with Crippen molar-refractivity contribution in [3.63, 3.8) is 0 Å². The van der Waals surface area contributed by atoms with Crippen LogP contribution in [0.15, 0.2) is 0 Å². The number of nitrogens with zero attached hydrogens (tertiary/aromatic N) is 2. The van der Waals surface area contributed by atoms with Gasteiger partial charge in [0.1, 0.15) is 5.54 Å². The van der Waals surface area contributed by atoms with Crippen LogP contribution in [0.4, 0.5) is 0 Å². The van der Waals surface area contributed by atoms with Crippen molar-refractivity contribution in [3.8, 4) is 6.07 Å². The van der Waals surface area contributed by atoms with Gasteiger partial charge in [0.05, 0.1) is 6.07 Å². The van der Waals surface area contributed by atoms with Gasteiger partial charge in [-0.25, -0.2) is 0 Å². The van der Waals surface area contributed by atoms with Gasteiger partial charge in [0, 0.05) is 12.6 Å². The summed E-state index contributed by atoms with van der Waals surface area (Å²) in [5.74, 6) is 0.593. The fourth-order valence-corrected chi connectivity index (χ4v) is 2.12. The molecule has 0 aromatic heterocycles. The molecule has 0 aromatic rings. The van der Waals surface area contributed by atoms with Gasteiger partial charge in [-0.1, -0.05) is 0 Å². The molecular formula is C11H19N3. The van der Waals surface area contributed by atoms with Crippen LogP contribution in [0.2, 0.25) is 0 Å². The molecule has 1 unspecified atom stereocenters. The second-order valence-electron chi connectivity index (χ2n) is 5.01. The fraction of sp³-hybridized carbons (Fsp3) is 0.909. The molecule has 2 fully saturated rings. The Balaban J connectivity index is 2.03. The number of hydrogen-bond acceptors (Lipinski definition) is 3. The maximum atomic E-state index is 9.37. The molecule has 0 radical (unpaired) electrons. The lowest BCUT2D eigenvalue weighted by Gasteiger charge is -2.31. The predicted octanol–water partition coefficient (Wildman–Crippen LogP) is 0.972. The van der Waals surface area contributed by atoms with Gasteiger partial charge >= 0.3 is 0 Å². The molecule has 2 aliphatic rings. The lowest BCUT2D eigenvalue weighted by atomic mass is 9.94. The van der Waals surface area contributed by atoms with Crippen LogP contribution in [0, 0.1) is 17.2 Å². The van der Waals surface area contributed by atoms with Crippen molar-refractivity contribution in [2.45, 2.75) is 37.3 Å². The van der Waals surface area contributed by atoms with E-state index in [0.717, 1.165) is 6.54 Å². The zero-order valence-electron chi connectivity index (χ0n) is 9.08. The van der Waals surface area contributed by atoms with E-state index in [1.54, 1.807) is 0 Å². The van der Waals surface area contributed by atoms with Gasteiger partial charge in [0.25, 0.3) is 0 Å². The summed E-state index contributed by atoms with van der Waals surface area (Å²) in [6.07, 6.45) is 4.95. The summed E-state index contributed by atoms with van der Waals surface area (Å²) in [6, 6.07) is 3.15. The zero-order chi connectivity index (χ0) is 10.2. The highest BCUT2D eigenvalue weighted by molar-refractivity contribution is 5.18. The summed E-state index contributed by atoms with van der Waals surface area (Å²) in [6.45, 7) is 0.852. The molecular weight excluding hydrogens is 174 g/mol. The lowest BCUT2D eigenvalue weighted by Crippen LogP contribution is -2.54. The number of nitrogens with one attached hydrogen (secondary N) is 1. The zero-order valence-corrected chi connectivity index (χ0v) is 9.08. The number of likely N-dealkylation sites (N-methyl/N-ethyl adjacent to an activating group) is 1. The van der Waals surface area contributed by atoms with Crippen LogP contribution in [-0.2, 0) is 0 Å². The molecule has 0 amide bonds. The first kappa shape index (κ1) is 9.95. The van der Waals surface area contributed by atoms with Gasteiger partial charge < -0.3 is 4.90 Å². The predicted molar refractivity (Wildman–Crippen MR) is 55.8 cm³/mol. The third kappa shape index (κ3) is 2.08. The molecule has 2 rings (SSSR count). The molecule has 3 nitrogen and oxygen atoms in total. The largest absolute Gasteiger partial charge is 0.306 e.